The van der Waals surface area contributed by atoms with E-state index >= 15 is 0 Å². The zero-order valence-corrected chi connectivity index (χ0v) is 18.7. The van der Waals surface area contributed by atoms with E-state index in [1.807, 2.05) is 0 Å². The second kappa shape index (κ2) is 10.5. The van der Waals surface area contributed by atoms with Crippen molar-refractivity contribution >= 4 is 45.1 Å². The van der Waals surface area contributed by atoms with Crippen LogP contribution in [0.4, 0.5) is 11.4 Å². The van der Waals surface area contributed by atoms with Gasteiger partial charge in [-0.2, -0.15) is 0 Å². The number of amides is 2. The van der Waals surface area contributed by atoms with E-state index in [4.69, 9.17) is 18.6 Å². The molecule has 0 unspecified atom stereocenters. The first-order valence-corrected chi connectivity index (χ1v) is 10.0. The van der Waals surface area contributed by atoms with Crippen LogP contribution in [0.5, 0.6) is 11.5 Å². The van der Waals surface area contributed by atoms with Gasteiger partial charge in [0.1, 0.15) is 0 Å². The van der Waals surface area contributed by atoms with Crippen LogP contribution >= 0.6 is 15.9 Å². The van der Waals surface area contributed by atoms with E-state index in [1.54, 1.807) is 30.3 Å². The molecule has 166 valence electrons. The van der Waals surface area contributed by atoms with Crippen molar-refractivity contribution in [2.24, 2.45) is 0 Å². The zero-order chi connectivity index (χ0) is 23.1. The van der Waals surface area contributed by atoms with E-state index in [0.717, 1.165) is 4.47 Å². The molecule has 0 atom stereocenters. The summed E-state index contributed by atoms with van der Waals surface area (Å²) in [7, 11) is 2.82. The van der Waals surface area contributed by atoms with Crippen LogP contribution in [0.2, 0.25) is 0 Å². The summed E-state index contributed by atoms with van der Waals surface area (Å²) >= 11 is 3.31. The number of ether oxygens (including phenoxy) is 3. The van der Waals surface area contributed by atoms with Gasteiger partial charge in [-0.05, 0) is 36.4 Å². The van der Waals surface area contributed by atoms with E-state index in [2.05, 4.69) is 26.6 Å². The molecule has 0 saturated carbocycles. The third kappa shape index (κ3) is 5.67. The summed E-state index contributed by atoms with van der Waals surface area (Å²) in [5, 5.41) is 5.20. The first-order chi connectivity index (χ1) is 15.4. The van der Waals surface area contributed by atoms with Crippen molar-refractivity contribution in [1.82, 2.24) is 0 Å². The highest BCUT2D eigenvalue weighted by molar-refractivity contribution is 9.10. The van der Waals surface area contributed by atoms with Gasteiger partial charge in [-0.1, -0.05) is 15.9 Å². The monoisotopic (exact) mass is 502 g/mol. The van der Waals surface area contributed by atoms with Crippen LogP contribution < -0.4 is 20.1 Å². The topological polar surface area (TPSA) is 116 Å². The SMILES string of the molecule is COc1cc(NC(=O)c2ccco2)c(C(=O)OCC(=O)Nc2ccc(Br)cc2)cc1OC. The van der Waals surface area contributed by atoms with E-state index in [9.17, 15) is 14.4 Å². The van der Waals surface area contributed by atoms with Gasteiger partial charge in [0.25, 0.3) is 11.8 Å². The summed E-state index contributed by atoms with van der Waals surface area (Å²) in [5.41, 5.74) is 0.619. The first kappa shape index (κ1) is 22.9. The molecule has 0 spiro atoms. The molecule has 0 aliphatic heterocycles. The Kier molecular flexibility index (Phi) is 7.50. The normalized spacial score (nSPS) is 10.2. The van der Waals surface area contributed by atoms with Crippen molar-refractivity contribution in [3.8, 4) is 11.5 Å². The summed E-state index contributed by atoms with van der Waals surface area (Å²) in [5.74, 6) is -1.37. The van der Waals surface area contributed by atoms with E-state index in [1.165, 1.54) is 38.7 Å². The van der Waals surface area contributed by atoms with E-state index in [-0.39, 0.29) is 28.5 Å². The lowest BCUT2D eigenvalue weighted by Gasteiger charge is -2.15. The van der Waals surface area contributed by atoms with E-state index in [0.29, 0.717) is 5.69 Å². The molecule has 0 radical (unpaired) electrons. The van der Waals surface area contributed by atoms with Crippen LogP contribution in [-0.4, -0.2) is 38.6 Å². The number of anilines is 2. The van der Waals surface area contributed by atoms with Gasteiger partial charge in [0, 0.05) is 22.3 Å². The van der Waals surface area contributed by atoms with Gasteiger partial charge in [0.2, 0.25) is 0 Å². The largest absolute Gasteiger partial charge is 0.493 e. The molecule has 0 bridgehead atoms. The maximum Gasteiger partial charge on any atom is 0.340 e. The fourth-order valence-corrected chi connectivity index (χ4v) is 2.95. The lowest BCUT2D eigenvalue weighted by molar-refractivity contribution is -0.119. The van der Waals surface area contributed by atoms with Gasteiger partial charge < -0.3 is 29.3 Å². The molecule has 2 aromatic carbocycles. The maximum absolute atomic E-state index is 12.7. The minimum absolute atomic E-state index is 0.0287. The fourth-order valence-electron chi connectivity index (χ4n) is 2.68. The third-order valence-corrected chi connectivity index (χ3v) is 4.73. The van der Waals surface area contributed by atoms with Crippen molar-refractivity contribution in [2.45, 2.75) is 0 Å². The Bertz CT molecular complexity index is 1110. The number of carbonyl (C=O) groups excluding carboxylic acids is 3. The number of hydrogen-bond donors (Lipinski definition) is 2. The van der Waals surface area contributed by atoms with Crippen molar-refractivity contribution in [1.29, 1.82) is 0 Å². The summed E-state index contributed by atoms with van der Waals surface area (Å²) in [4.78, 5) is 37.3. The minimum atomic E-state index is -0.841. The van der Waals surface area contributed by atoms with Gasteiger partial charge in [0.05, 0.1) is 31.7 Å². The Morgan fingerprint density at radius 3 is 2.28 bits per heavy atom. The molecule has 0 aliphatic carbocycles. The summed E-state index contributed by atoms with van der Waals surface area (Å²) in [6, 6.07) is 12.7. The number of carbonyl (C=O) groups is 3. The molecular weight excluding hydrogens is 484 g/mol. The molecule has 1 aromatic heterocycles. The summed E-state index contributed by atoms with van der Waals surface area (Å²) < 4.78 is 21.5. The maximum atomic E-state index is 12.7. The Morgan fingerprint density at radius 2 is 1.66 bits per heavy atom. The number of nitrogens with one attached hydrogen (secondary N) is 2. The molecule has 3 rings (SSSR count). The minimum Gasteiger partial charge on any atom is -0.493 e. The second-order valence-corrected chi connectivity index (χ2v) is 7.23. The number of methoxy groups -OCH3 is 2. The highest BCUT2D eigenvalue weighted by atomic mass is 79.9. The van der Waals surface area contributed by atoms with Crippen LogP contribution in [-0.2, 0) is 9.53 Å². The Hall–Kier alpha value is -3.79. The molecule has 0 fully saturated rings. The number of benzene rings is 2. The standard InChI is InChI=1S/C22H19BrN2O7/c1-29-18-10-15(16(11-19(18)30-2)25-21(27)17-4-3-9-31-17)22(28)32-12-20(26)24-14-7-5-13(23)6-8-14/h3-11H,12H2,1-2H3,(H,24,26)(H,25,27). The fraction of sp³-hybridized carbons (Fsp3) is 0.136. The first-order valence-electron chi connectivity index (χ1n) is 9.24. The Labute approximate surface area is 191 Å². The molecule has 0 aliphatic rings. The van der Waals surface area contributed by atoms with E-state index < -0.39 is 24.4 Å². The van der Waals surface area contributed by atoms with Crippen LogP contribution in [0.15, 0.2) is 63.7 Å². The predicted molar refractivity (Wildman–Crippen MR) is 119 cm³/mol. The Morgan fingerprint density at radius 1 is 0.969 bits per heavy atom. The molecule has 3 aromatic rings. The van der Waals surface area contributed by atoms with Crippen LogP contribution in [0, 0.1) is 0 Å². The molecular formula is C22H19BrN2O7. The van der Waals surface area contributed by atoms with Gasteiger partial charge in [-0.15, -0.1) is 0 Å². The lowest BCUT2D eigenvalue weighted by atomic mass is 10.1. The van der Waals surface area contributed by atoms with Crippen molar-refractivity contribution < 1.29 is 33.0 Å². The third-order valence-electron chi connectivity index (χ3n) is 4.20. The molecule has 9 nitrogen and oxygen atoms in total. The second-order valence-electron chi connectivity index (χ2n) is 6.32. The summed E-state index contributed by atoms with van der Waals surface area (Å²) in [6.45, 7) is -0.533. The smallest absolute Gasteiger partial charge is 0.340 e. The number of esters is 1. The van der Waals surface area contributed by atoms with Gasteiger partial charge in [-0.25, -0.2) is 4.79 Å². The summed E-state index contributed by atoms with van der Waals surface area (Å²) in [6.07, 6.45) is 1.35. The average molecular weight is 503 g/mol. The highest BCUT2D eigenvalue weighted by Gasteiger charge is 2.21. The zero-order valence-electron chi connectivity index (χ0n) is 17.1. The molecule has 10 heteroatoms. The molecule has 1 heterocycles. The number of furan rings is 1. The van der Waals surface area contributed by atoms with Gasteiger partial charge in [-0.3, -0.25) is 9.59 Å². The highest BCUT2D eigenvalue weighted by Crippen LogP contribution is 2.34. The van der Waals surface area contributed by atoms with Crippen molar-refractivity contribution in [3.63, 3.8) is 0 Å². The number of halogens is 1. The van der Waals surface area contributed by atoms with Gasteiger partial charge in [0.15, 0.2) is 23.9 Å². The number of hydrogen-bond acceptors (Lipinski definition) is 7. The molecule has 32 heavy (non-hydrogen) atoms. The molecule has 2 amide bonds. The number of rotatable bonds is 8. The molecule has 0 saturated heterocycles. The van der Waals surface area contributed by atoms with Crippen LogP contribution in [0.3, 0.4) is 0 Å². The van der Waals surface area contributed by atoms with Crippen LogP contribution in [0.25, 0.3) is 0 Å². The van der Waals surface area contributed by atoms with Gasteiger partial charge >= 0.3 is 5.97 Å². The van der Waals surface area contributed by atoms with Crippen molar-refractivity contribution in [2.75, 3.05) is 31.5 Å². The van der Waals surface area contributed by atoms with Crippen molar-refractivity contribution in [3.05, 3.63) is 70.6 Å². The molecule has 2 N–H and O–H groups in total. The average Bonchev–Trinajstić information content (AvgIpc) is 3.34. The predicted octanol–water partition coefficient (Wildman–Crippen LogP) is 4.11. The lowest BCUT2D eigenvalue weighted by Crippen LogP contribution is -2.22. The Balaban J connectivity index is 1.76. The van der Waals surface area contributed by atoms with Crippen LogP contribution in [0.1, 0.15) is 20.9 Å². The quantitative estimate of drug-likeness (QED) is 0.445.